The van der Waals surface area contributed by atoms with Crippen LogP contribution in [0.1, 0.15) is 18.4 Å². The number of nitrogens with zero attached hydrogens (tertiary/aromatic N) is 1. The number of rotatable bonds is 2. The van der Waals surface area contributed by atoms with E-state index in [0.717, 1.165) is 25.2 Å². The van der Waals surface area contributed by atoms with E-state index in [0.29, 0.717) is 23.4 Å². The second kappa shape index (κ2) is 5.51. The largest absolute Gasteiger partial charge is 0.341 e. The number of amides is 1. The quantitative estimate of drug-likeness (QED) is 0.898. The van der Waals surface area contributed by atoms with Gasteiger partial charge in [0.2, 0.25) is 5.91 Å². The number of hydrogen-bond acceptors (Lipinski definition) is 2. The highest BCUT2D eigenvalue weighted by Gasteiger charge is 2.36. The average molecular weight is 279 g/mol. The summed E-state index contributed by atoms with van der Waals surface area (Å²) in [4.78, 5) is 14.3. The molecule has 1 aromatic carbocycles. The lowest BCUT2D eigenvalue weighted by Gasteiger charge is -2.24. The van der Waals surface area contributed by atoms with Crippen molar-refractivity contribution in [1.29, 1.82) is 0 Å². The molecule has 1 aromatic rings. The molecule has 0 bridgehead atoms. The maximum absolute atomic E-state index is 12.3. The maximum Gasteiger partial charge on any atom is 0.227 e. The molecule has 2 heterocycles. The van der Waals surface area contributed by atoms with Gasteiger partial charge in [-0.25, -0.2) is 0 Å². The summed E-state index contributed by atoms with van der Waals surface area (Å²) < 4.78 is 0. The Morgan fingerprint density at radius 3 is 3.11 bits per heavy atom. The van der Waals surface area contributed by atoms with Crippen molar-refractivity contribution in [2.75, 3.05) is 19.6 Å². The zero-order valence-corrected chi connectivity index (χ0v) is 11.7. The monoisotopic (exact) mass is 278 g/mol. The predicted molar refractivity (Wildman–Crippen MR) is 76.3 cm³/mol. The number of likely N-dealkylation sites (tertiary alicyclic amines) is 1. The Labute approximate surface area is 118 Å². The van der Waals surface area contributed by atoms with Crippen LogP contribution in [0.4, 0.5) is 0 Å². The van der Waals surface area contributed by atoms with Gasteiger partial charge in [-0.15, -0.1) is 0 Å². The lowest BCUT2D eigenvalue weighted by atomic mass is 9.94. The van der Waals surface area contributed by atoms with Gasteiger partial charge in [-0.2, -0.15) is 0 Å². The number of halogens is 1. The minimum atomic E-state index is 0.221. The molecule has 0 aliphatic carbocycles. The summed E-state index contributed by atoms with van der Waals surface area (Å²) in [6, 6.07) is 8.09. The molecule has 0 saturated carbocycles. The molecule has 0 spiro atoms. The third-order valence-corrected chi connectivity index (χ3v) is 4.43. The fourth-order valence-corrected chi connectivity index (χ4v) is 3.40. The molecule has 2 saturated heterocycles. The Bertz CT molecular complexity index is 463. The molecule has 2 aliphatic heterocycles. The first-order valence-corrected chi connectivity index (χ1v) is 7.36. The van der Waals surface area contributed by atoms with Gasteiger partial charge in [0.15, 0.2) is 0 Å². The zero-order chi connectivity index (χ0) is 13.2. The van der Waals surface area contributed by atoms with Crippen LogP contribution < -0.4 is 5.32 Å². The minimum Gasteiger partial charge on any atom is -0.341 e. The SMILES string of the molecule is O=C(Cc1cccc(Cl)c1)N1CC2CCCNC2C1. The molecule has 1 amide bonds. The summed E-state index contributed by atoms with van der Waals surface area (Å²) in [6.07, 6.45) is 2.94. The first-order valence-electron chi connectivity index (χ1n) is 6.98. The van der Waals surface area contributed by atoms with E-state index in [1.54, 1.807) is 0 Å². The van der Waals surface area contributed by atoms with Crippen LogP contribution >= 0.6 is 11.6 Å². The van der Waals surface area contributed by atoms with Crippen molar-refractivity contribution in [3.05, 3.63) is 34.9 Å². The zero-order valence-electron chi connectivity index (χ0n) is 10.9. The van der Waals surface area contributed by atoms with Crippen molar-refractivity contribution in [2.45, 2.75) is 25.3 Å². The Balaban J connectivity index is 1.62. The first kappa shape index (κ1) is 12.9. The second-order valence-corrected chi connectivity index (χ2v) is 6.00. The number of piperidine rings is 1. The third-order valence-electron chi connectivity index (χ3n) is 4.20. The normalized spacial score (nSPS) is 26.3. The van der Waals surface area contributed by atoms with E-state index in [-0.39, 0.29) is 5.91 Å². The molecule has 3 rings (SSSR count). The first-order chi connectivity index (χ1) is 9.22. The lowest BCUT2D eigenvalue weighted by molar-refractivity contribution is -0.129. The van der Waals surface area contributed by atoms with Crippen molar-refractivity contribution in [3.63, 3.8) is 0 Å². The second-order valence-electron chi connectivity index (χ2n) is 5.57. The van der Waals surface area contributed by atoms with Crippen LogP contribution in [0, 0.1) is 5.92 Å². The van der Waals surface area contributed by atoms with E-state index in [9.17, 15) is 4.79 Å². The summed E-state index contributed by atoms with van der Waals surface area (Å²) >= 11 is 5.95. The molecule has 2 aliphatic rings. The Kier molecular flexibility index (Phi) is 3.76. The number of nitrogens with one attached hydrogen (secondary N) is 1. The summed E-state index contributed by atoms with van der Waals surface area (Å²) in [5, 5.41) is 4.22. The molecule has 3 nitrogen and oxygen atoms in total. The van der Waals surface area contributed by atoms with E-state index < -0.39 is 0 Å². The van der Waals surface area contributed by atoms with Crippen LogP contribution in [-0.2, 0) is 11.2 Å². The Morgan fingerprint density at radius 2 is 2.32 bits per heavy atom. The number of fused-ring (bicyclic) bond motifs is 1. The van der Waals surface area contributed by atoms with E-state index in [4.69, 9.17) is 11.6 Å². The van der Waals surface area contributed by atoms with E-state index in [1.807, 2.05) is 29.2 Å². The van der Waals surface area contributed by atoms with E-state index >= 15 is 0 Å². The van der Waals surface area contributed by atoms with Gasteiger partial charge in [0.1, 0.15) is 0 Å². The highest BCUT2D eigenvalue weighted by Crippen LogP contribution is 2.25. The van der Waals surface area contributed by atoms with Crippen LogP contribution in [0.5, 0.6) is 0 Å². The van der Waals surface area contributed by atoms with Crippen LogP contribution in [0.2, 0.25) is 5.02 Å². The molecule has 0 radical (unpaired) electrons. The van der Waals surface area contributed by atoms with Crippen molar-refractivity contribution in [1.82, 2.24) is 10.2 Å². The Morgan fingerprint density at radius 1 is 1.42 bits per heavy atom. The van der Waals surface area contributed by atoms with Gasteiger partial charge in [0.05, 0.1) is 6.42 Å². The lowest BCUT2D eigenvalue weighted by Crippen LogP contribution is -2.41. The highest BCUT2D eigenvalue weighted by atomic mass is 35.5. The number of carbonyl (C=O) groups excluding carboxylic acids is 1. The molecule has 2 atom stereocenters. The van der Waals surface area contributed by atoms with Gasteiger partial charge in [0.25, 0.3) is 0 Å². The van der Waals surface area contributed by atoms with Gasteiger partial charge in [0, 0.05) is 24.2 Å². The fraction of sp³-hybridized carbons (Fsp3) is 0.533. The predicted octanol–water partition coefficient (Wildman–Crippen LogP) is 2.09. The van der Waals surface area contributed by atoms with Crippen LogP contribution in [0.3, 0.4) is 0 Å². The Hall–Kier alpha value is -1.06. The van der Waals surface area contributed by atoms with Crippen molar-refractivity contribution in [3.8, 4) is 0 Å². The van der Waals surface area contributed by atoms with E-state index in [2.05, 4.69) is 5.32 Å². The molecular weight excluding hydrogens is 260 g/mol. The molecule has 4 heteroatoms. The number of benzene rings is 1. The standard InChI is InChI=1S/C15H19ClN2O/c16-13-5-1-3-11(7-13)8-15(19)18-9-12-4-2-6-17-14(12)10-18/h1,3,5,7,12,14,17H,2,4,6,8-10H2. The molecule has 0 aromatic heterocycles. The van der Waals surface area contributed by atoms with Crippen LogP contribution in [-0.4, -0.2) is 36.5 Å². The highest BCUT2D eigenvalue weighted by molar-refractivity contribution is 6.30. The topological polar surface area (TPSA) is 32.3 Å². The summed E-state index contributed by atoms with van der Waals surface area (Å²) in [6.45, 7) is 2.87. The molecule has 1 N–H and O–H groups in total. The summed E-state index contributed by atoms with van der Waals surface area (Å²) in [7, 11) is 0. The van der Waals surface area contributed by atoms with Crippen molar-refractivity contribution < 1.29 is 4.79 Å². The fourth-order valence-electron chi connectivity index (χ4n) is 3.18. The van der Waals surface area contributed by atoms with Crippen LogP contribution in [0.15, 0.2) is 24.3 Å². The van der Waals surface area contributed by atoms with Gasteiger partial charge < -0.3 is 10.2 Å². The van der Waals surface area contributed by atoms with Gasteiger partial charge in [-0.1, -0.05) is 23.7 Å². The smallest absolute Gasteiger partial charge is 0.227 e. The molecule has 2 unspecified atom stereocenters. The van der Waals surface area contributed by atoms with Gasteiger partial charge >= 0.3 is 0 Å². The number of hydrogen-bond donors (Lipinski definition) is 1. The molecule has 19 heavy (non-hydrogen) atoms. The summed E-state index contributed by atoms with van der Waals surface area (Å²) in [5.41, 5.74) is 1.00. The van der Waals surface area contributed by atoms with Gasteiger partial charge in [-0.05, 0) is 43.0 Å². The summed E-state index contributed by atoms with van der Waals surface area (Å²) in [5.74, 6) is 0.871. The molecule has 102 valence electrons. The molecular formula is C15H19ClN2O. The van der Waals surface area contributed by atoms with Gasteiger partial charge in [-0.3, -0.25) is 4.79 Å². The van der Waals surface area contributed by atoms with E-state index in [1.165, 1.54) is 12.8 Å². The molecule has 2 fully saturated rings. The average Bonchev–Trinajstić information content (AvgIpc) is 2.82. The van der Waals surface area contributed by atoms with Crippen molar-refractivity contribution in [2.24, 2.45) is 5.92 Å². The minimum absolute atomic E-state index is 0.221. The maximum atomic E-state index is 12.3. The third kappa shape index (κ3) is 2.93. The van der Waals surface area contributed by atoms with Crippen molar-refractivity contribution >= 4 is 17.5 Å². The number of carbonyl (C=O) groups is 1. The van der Waals surface area contributed by atoms with Crippen LogP contribution in [0.25, 0.3) is 0 Å².